The second-order valence-corrected chi connectivity index (χ2v) is 4.32. The van der Waals surface area contributed by atoms with Gasteiger partial charge in [-0.05, 0) is 30.7 Å². The number of pyridine rings is 1. The van der Waals surface area contributed by atoms with Crippen LogP contribution in [0, 0.1) is 12.3 Å². The Labute approximate surface area is 123 Å². The summed E-state index contributed by atoms with van der Waals surface area (Å²) in [6.45, 7) is 1.84. The first-order chi connectivity index (χ1) is 10.1. The lowest BCUT2D eigenvalue weighted by Crippen LogP contribution is -2.15. The van der Waals surface area contributed by atoms with Crippen molar-refractivity contribution in [3.05, 3.63) is 41.6 Å². The van der Waals surface area contributed by atoms with Crippen molar-refractivity contribution in [3.63, 3.8) is 0 Å². The van der Waals surface area contributed by atoms with Crippen LogP contribution in [0.3, 0.4) is 0 Å². The minimum absolute atomic E-state index is 0.107. The summed E-state index contributed by atoms with van der Waals surface area (Å²) in [5.74, 6) is 1.54. The Morgan fingerprint density at radius 2 is 1.76 bits per heavy atom. The minimum atomic E-state index is -0.107. The molecule has 0 aliphatic carbocycles. The number of nitrogens with zero attached hydrogens (tertiary/aromatic N) is 1. The molecule has 0 bridgehead atoms. The number of para-hydroxylation sites is 1. The van der Waals surface area contributed by atoms with Gasteiger partial charge in [0.15, 0.2) is 11.5 Å². The summed E-state index contributed by atoms with van der Waals surface area (Å²) in [6, 6.07) is 7.06. The fourth-order valence-electron chi connectivity index (χ4n) is 1.95. The van der Waals surface area contributed by atoms with Crippen LogP contribution in [0.25, 0.3) is 0 Å². The van der Waals surface area contributed by atoms with Crippen molar-refractivity contribution >= 4 is 5.84 Å². The Hall–Kier alpha value is -2.76. The van der Waals surface area contributed by atoms with Crippen LogP contribution in [0.4, 0.5) is 0 Å². The summed E-state index contributed by atoms with van der Waals surface area (Å²) >= 11 is 0. The fourth-order valence-corrected chi connectivity index (χ4v) is 1.95. The zero-order chi connectivity index (χ0) is 15.4. The van der Waals surface area contributed by atoms with Crippen molar-refractivity contribution in [1.82, 2.24) is 4.98 Å². The molecule has 2 aromatic rings. The van der Waals surface area contributed by atoms with E-state index in [0.29, 0.717) is 22.8 Å². The van der Waals surface area contributed by atoms with Crippen LogP contribution in [0.1, 0.15) is 11.1 Å². The van der Waals surface area contributed by atoms with Crippen LogP contribution in [-0.4, -0.2) is 25.0 Å². The zero-order valence-electron chi connectivity index (χ0n) is 12.1. The van der Waals surface area contributed by atoms with E-state index in [1.807, 2.05) is 6.92 Å². The molecule has 0 aliphatic rings. The lowest BCUT2D eigenvalue weighted by Gasteiger charge is -2.15. The molecule has 0 atom stereocenters. The highest BCUT2D eigenvalue weighted by atomic mass is 16.5. The minimum Gasteiger partial charge on any atom is -0.493 e. The Balaban J connectivity index is 2.53. The first-order valence-electron chi connectivity index (χ1n) is 6.27. The van der Waals surface area contributed by atoms with E-state index in [4.69, 9.17) is 25.4 Å². The number of ether oxygens (including phenoxy) is 3. The van der Waals surface area contributed by atoms with Gasteiger partial charge in [0.25, 0.3) is 0 Å². The van der Waals surface area contributed by atoms with E-state index in [2.05, 4.69) is 4.98 Å². The van der Waals surface area contributed by atoms with Crippen LogP contribution in [-0.2, 0) is 0 Å². The van der Waals surface area contributed by atoms with E-state index < -0.39 is 0 Å². The van der Waals surface area contributed by atoms with E-state index in [1.54, 1.807) is 30.5 Å². The number of hydrogen-bond acceptors (Lipinski definition) is 5. The van der Waals surface area contributed by atoms with Gasteiger partial charge in [0.1, 0.15) is 5.84 Å². The van der Waals surface area contributed by atoms with E-state index >= 15 is 0 Å². The van der Waals surface area contributed by atoms with E-state index in [1.165, 1.54) is 14.2 Å². The van der Waals surface area contributed by atoms with Gasteiger partial charge < -0.3 is 19.9 Å². The normalized spacial score (nSPS) is 10.0. The molecule has 0 fully saturated rings. The van der Waals surface area contributed by atoms with Gasteiger partial charge in [-0.2, -0.15) is 0 Å². The molecule has 0 saturated heterocycles. The molecule has 1 aromatic carbocycles. The smallest absolute Gasteiger partial charge is 0.230 e. The van der Waals surface area contributed by atoms with Crippen LogP contribution in [0.2, 0.25) is 0 Å². The Kier molecular flexibility index (Phi) is 4.27. The van der Waals surface area contributed by atoms with E-state index in [9.17, 15) is 0 Å². The largest absolute Gasteiger partial charge is 0.493 e. The van der Waals surface area contributed by atoms with Gasteiger partial charge >= 0.3 is 0 Å². The van der Waals surface area contributed by atoms with Crippen molar-refractivity contribution < 1.29 is 14.2 Å². The molecule has 0 saturated carbocycles. The van der Waals surface area contributed by atoms with Crippen LogP contribution >= 0.6 is 0 Å². The van der Waals surface area contributed by atoms with E-state index in [-0.39, 0.29) is 11.7 Å². The lowest BCUT2D eigenvalue weighted by atomic mass is 10.1. The number of methoxy groups -OCH3 is 2. The molecule has 3 N–H and O–H groups in total. The van der Waals surface area contributed by atoms with Gasteiger partial charge in [-0.15, -0.1) is 0 Å². The summed E-state index contributed by atoms with van der Waals surface area (Å²) < 4.78 is 16.4. The third kappa shape index (κ3) is 2.89. The van der Waals surface area contributed by atoms with Gasteiger partial charge in [-0.25, -0.2) is 4.98 Å². The SMILES string of the molecule is COc1cccc(OC)c1Oc1nccc(C)c1C(=N)N. The molecule has 0 radical (unpaired) electrons. The maximum Gasteiger partial charge on any atom is 0.230 e. The third-order valence-corrected chi connectivity index (χ3v) is 2.98. The predicted octanol–water partition coefficient (Wildman–Crippen LogP) is 2.48. The summed E-state index contributed by atoms with van der Waals surface area (Å²) in [5.41, 5.74) is 6.87. The van der Waals surface area contributed by atoms with Crippen molar-refractivity contribution in [3.8, 4) is 23.1 Å². The van der Waals surface area contributed by atoms with Gasteiger partial charge in [0.2, 0.25) is 11.6 Å². The van der Waals surface area contributed by atoms with Crippen LogP contribution in [0.5, 0.6) is 23.1 Å². The summed E-state index contributed by atoms with van der Waals surface area (Å²) in [6.07, 6.45) is 1.60. The Morgan fingerprint density at radius 3 is 2.29 bits per heavy atom. The highest BCUT2D eigenvalue weighted by Crippen LogP contribution is 2.40. The molecule has 0 aliphatic heterocycles. The molecule has 2 rings (SSSR count). The molecule has 6 nitrogen and oxygen atoms in total. The summed E-state index contributed by atoms with van der Waals surface area (Å²) in [5, 5.41) is 7.68. The molecule has 0 unspecified atom stereocenters. The molecule has 1 heterocycles. The van der Waals surface area contributed by atoms with Crippen molar-refractivity contribution in [2.24, 2.45) is 5.73 Å². The third-order valence-electron chi connectivity index (χ3n) is 2.98. The lowest BCUT2D eigenvalue weighted by molar-refractivity contribution is 0.341. The summed E-state index contributed by atoms with van der Waals surface area (Å²) in [4.78, 5) is 4.15. The maximum atomic E-state index is 7.68. The molecular weight excluding hydrogens is 270 g/mol. The number of benzene rings is 1. The first-order valence-corrected chi connectivity index (χ1v) is 6.27. The maximum absolute atomic E-state index is 7.68. The zero-order valence-corrected chi connectivity index (χ0v) is 12.1. The van der Waals surface area contributed by atoms with Crippen molar-refractivity contribution in [1.29, 1.82) is 5.41 Å². The number of nitrogens with one attached hydrogen (secondary N) is 1. The number of aromatic nitrogens is 1. The first kappa shape index (κ1) is 14.6. The number of nitrogen functional groups attached to an aromatic ring is 1. The molecule has 21 heavy (non-hydrogen) atoms. The number of hydrogen-bond donors (Lipinski definition) is 2. The quantitative estimate of drug-likeness (QED) is 0.651. The Bertz CT molecular complexity index is 649. The monoisotopic (exact) mass is 287 g/mol. The summed E-state index contributed by atoms with van der Waals surface area (Å²) in [7, 11) is 3.08. The van der Waals surface area contributed by atoms with Crippen molar-refractivity contribution in [2.45, 2.75) is 6.92 Å². The van der Waals surface area contributed by atoms with Crippen LogP contribution in [0.15, 0.2) is 30.5 Å². The standard InChI is InChI=1S/C15H17N3O3/c1-9-7-8-18-15(12(9)14(16)17)21-13-10(19-2)5-4-6-11(13)20-3/h4-8H,1-3H3,(H3,16,17). The number of nitrogens with two attached hydrogens (primary N) is 1. The average Bonchev–Trinajstić information content (AvgIpc) is 2.47. The highest BCUT2D eigenvalue weighted by molar-refractivity contribution is 5.98. The Morgan fingerprint density at radius 1 is 1.14 bits per heavy atom. The van der Waals surface area contributed by atoms with Crippen LogP contribution < -0.4 is 19.9 Å². The van der Waals surface area contributed by atoms with Crippen molar-refractivity contribution in [2.75, 3.05) is 14.2 Å². The average molecular weight is 287 g/mol. The fraction of sp³-hybridized carbons (Fsp3) is 0.200. The van der Waals surface area contributed by atoms with Gasteiger partial charge in [0.05, 0.1) is 19.8 Å². The number of rotatable bonds is 5. The highest BCUT2D eigenvalue weighted by Gasteiger charge is 2.17. The topological polar surface area (TPSA) is 90.5 Å². The number of amidine groups is 1. The second kappa shape index (κ2) is 6.13. The molecular formula is C15H17N3O3. The molecule has 1 aromatic heterocycles. The molecule has 110 valence electrons. The molecule has 6 heteroatoms. The second-order valence-electron chi connectivity index (χ2n) is 4.32. The van der Waals surface area contributed by atoms with E-state index in [0.717, 1.165) is 5.56 Å². The molecule has 0 spiro atoms. The predicted molar refractivity (Wildman–Crippen MR) is 79.6 cm³/mol. The van der Waals surface area contributed by atoms with Gasteiger partial charge in [-0.3, -0.25) is 5.41 Å². The van der Waals surface area contributed by atoms with Gasteiger partial charge in [0, 0.05) is 6.20 Å². The molecule has 0 amide bonds. The van der Waals surface area contributed by atoms with Gasteiger partial charge in [-0.1, -0.05) is 6.07 Å². The number of aryl methyl sites for hydroxylation is 1.